The number of hydrogen-bond acceptors (Lipinski definition) is 6. The number of rotatable bonds is 7. The Morgan fingerprint density at radius 1 is 1.60 bits per heavy atom. The first-order valence-corrected chi connectivity index (χ1v) is 7.21. The van der Waals surface area contributed by atoms with E-state index >= 15 is 0 Å². The fourth-order valence-electron chi connectivity index (χ4n) is 1.72. The van der Waals surface area contributed by atoms with E-state index in [0.29, 0.717) is 31.2 Å². The number of methoxy groups -OCH3 is 1. The zero-order valence-corrected chi connectivity index (χ0v) is 12.3. The predicted octanol–water partition coefficient (Wildman–Crippen LogP) is 1.88. The van der Waals surface area contributed by atoms with Crippen molar-refractivity contribution < 1.29 is 14.1 Å². The molecule has 7 heteroatoms. The summed E-state index contributed by atoms with van der Waals surface area (Å²) in [6.07, 6.45) is 0.754. The van der Waals surface area contributed by atoms with Crippen LogP contribution in [0.4, 0.5) is 0 Å². The number of nitrogens with zero attached hydrogens (tertiary/aromatic N) is 2. The monoisotopic (exact) mass is 295 g/mol. The van der Waals surface area contributed by atoms with Crippen molar-refractivity contribution in [1.82, 2.24) is 15.5 Å². The van der Waals surface area contributed by atoms with E-state index in [4.69, 9.17) is 9.26 Å². The Labute approximate surface area is 121 Å². The molecule has 0 radical (unpaired) electrons. The topological polar surface area (TPSA) is 77.2 Å². The molecule has 2 aromatic rings. The predicted molar refractivity (Wildman–Crippen MR) is 75.4 cm³/mol. The van der Waals surface area contributed by atoms with Crippen LogP contribution in [0.25, 0.3) is 10.7 Å². The van der Waals surface area contributed by atoms with Crippen LogP contribution in [0.3, 0.4) is 0 Å². The van der Waals surface area contributed by atoms with Gasteiger partial charge in [-0.15, -0.1) is 11.3 Å². The third-order valence-electron chi connectivity index (χ3n) is 2.60. The zero-order valence-electron chi connectivity index (χ0n) is 11.5. The van der Waals surface area contributed by atoms with Crippen molar-refractivity contribution in [1.29, 1.82) is 0 Å². The second-order valence-corrected chi connectivity index (χ2v) is 5.36. The quantitative estimate of drug-likeness (QED) is 0.844. The van der Waals surface area contributed by atoms with Crippen molar-refractivity contribution in [3.8, 4) is 10.7 Å². The average Bonchev–Trinajstić information content (AvgIpc) is 3.07. The Kier molecular flexibility index (Phi) is 5.25. The Morgan fingerprint density at radius 3 is 3.15 bits per heavy atom. The van der Waals surface area contributed by atoms with E-state index in [-0.39, 0.29) is 11.9 Å². The van der Waals surface area contributed by atoms with Gasteiger partial charge in [0, 0.05) is 26.0 Å². The molecule has 1 atom stereocenters. The zero-order chi connectivity index (χ0) is 14.4. The molecule has 0 spiro atoms. The van der Waals surface area contributed by atoms with Crippen molar-refractivity contribution in [2.24, 2.45) is 0 Å². The lowest BCUT2D eigenvalue weighted by Gasteiger charge is -2.11. The summed E-state index contributed by atoms with van der Waals surface area (Å²) >= 11 is 1.55. The van der Waals surface area contributed by atoms with Crippen molar-refractivity contribution in [3.05, 3.63) is 23.4 Å². The summed E-state index contributed by atoms with van der Waals surface area (Å²) in [5, 5.41) is 8.69. The van der Waals surface area contributed by atoms with Gasteiger partial charge in [0.25, 0.3) is 0 Å². The fraction of sp³-hybridized carbons (Fsp3) is 0.462. The van der Waals surface area contributed by atoms with Crippen molar-refractivity contribution in [2.75, 3.05) is 13.7 Å². The highest BCUT2D eigenvalue weighted by atomic mass is 32.1. The van der Waals surface area contributed by atoms with Gasteiger partial charge in [-0.1, -0.05) is 11.2 Å². The molecular formula is C13H17N3O3S. The Balaban J connectivity index is 1.81. The SMILES string of the molecule is COC[C@@H](C)NC(=O)CCc1nc(-c2cccs2)no1. The molecule has 0 aliphatic heterocycles. The minimum atomic E-state index is -0.0505. The van der Waals surface area contributed by atoms with E-state index in [1.807, 2.05) is 24.4 Å². The van der Waals surface area contributed by atoms with Crippen LogP contribution in [0.5, 0.6) is 0 Å². The fourth-order valence-corrected chi connectivity index (χ4v) is 2.37. The molecule has 0 saturated heterocycles. The van der Waals surface area contributed by atoms with Crippen LogP contribution in [0, 0.1) is 0 Å². The Morgan fingerprint density at radius 2 is 2.45 bits per heavy atom. The summed E-state index contributed by atoms with van der Waals surface area (Å²) in [6.45, 7) is 2.39. The van der Waals surface area contributed by atoms with Gasteiger partial charge in [-0.3, -0.25) is 4.79 Å². The highest BCUT2D eigenvalue weighted by Crippen LogP contribution is 2.21. The normalized spacial score (nSPS) is 12.3. The first-order chi connectivity index (χ1) is 9.69. The molecule has 0 fully saturated rings. The van der Waals surface area contributed by atoms with Crippen LogP contribution in [0.1, 0.15) is 19.2 Å². The molecule has 0 bridgehead atoms. The van der Waals surface area contributed by atoms with Crippen LogP contribution in [0.15, 0.2) is 22.0 Å². The number of carbonyl (C=O) groups is 1. The first kappa shape index (κ1) is 14.7. The number of carbonyl (C=O) groups excluding carboxylic acids is 1. The van der Waals surface area contributed by atoms with E-state index in [0.717, 1.165) is 4.88 Å². The number of hydrogen-bond donors (Lipinski definition) is 1. The van der Waals surface area contributed by atoms with Gasteiger partial charge in [-0.25, -0.2) is 0 Å². The van der Waals surface area contributed by atoms with E-state index in [1.54, 1.807) is 18.4 Å². The third kappa shape index (κ3) is 4.14. The molecule has 0 unspecified atom stereocenters. The summed E-state index contributed by atoms with van der Waals surface area (Å²) in [4.78, 5) is 16.9. The van der Waals surface area contributed by atoms with Crippen LogP contribution in [-0.4, -0.2) is 35.8 Å². The standard InChI is InChI=1S/C13H17N3O3S/c1-9(8-18-2)14-11(17)5-6-12-15-13(16-19-12)10-4-3-7-20-10/h3-4,7,9H,5-6,8H2,1-2H3,(H,14,17)/t9-/m1/s1. The molecule has 2 aromatic heterocycles. The molecule has 108 valence electrons. The van der Waals surface area contributed by atoms with Crippen molar-refractivity contribution in [3.63, 3.8) is 0 Å². The molecule has 2 heterocycles. The lowest BCUT2D eigenvalue weighted by molar-refractivity contribution is -0.122. The molecule has 1 N–H and O–H groups in total. The molecule has 1 amide bonds. The van der Waals surface area contributed by atoms with Gasteiger partial charge >= 0.3 is 0 Å². The average molecular weight is 295 g/mol. The van der Waals surface area contributed by atoms with E-state index < -0.39 is 0 Å². The van der Waals surface area contributed by atoms with Crippen LogP contribution in [0.2, 0.25) is 0 Å². The van der Waals surface area contributed by atoms with Gasteiger partial charge in [0.2, 0.25) is 17.6 Å². The number of thiophene rings is 1. The third-order valence-corrected chi connectivity index (χ3v) is 3.47. The maximum atomic E-state index is 11.7. The van der Waals surface area contributed by atoms with Crippen LogP contribution in [-0.2, 0) is 16.0 Å². The second-order valence-electron chi connectivity index (χ2n) is 4.41. The Hall–Kier alpha value is -1.73. The van der Waals surface area contributed by atoms with Gasteiger partial charge in [-0.2, -0.15) is 4.98 Å². The molecule has 0 aromatic carbocycles. The van der Waals surface area contributed by atoms with Gasteiger partial charge in [0.05, 0.1) is 11.5 Å². The minimum Gasteiger partial charge on any atom is -0.383 e. The van der Waals surface area contributed by atoms with E-state index in [1.165, 1.54) is 0 Å². The van der Waals surface area contributed by atoms with Crippen molar-refractivity contribution in [2.45, 2.75) is 25.8 Å². The molecule has 0 aliphatic carbocycles. The minimum absolute atomic E-state index is 0.00290. The molecule has 2 rings (SSSR count). The lowest BCUT2D eigenvalue weighted by atomic mass is 10.2. The van der Waals surface area contributed by atoms with Gasteiger partial charge < -0.3 is 14.6 Å². The van der Waals surface area contributed by atoms with Crippen LogP contribution < -0.4 is 5.32 Å². The highest BCUT2D eigenvalue weighted by molar-refractivity contribution is 7.13. The summed E-state index contributed by atoms with van der Waals surface area (Å²) in [7, 11) is 1.60. The van der Waals surface area contributed by atoms with Gasteiger partial charge in [0.15, 0.2) is 0 Å². The largest absolute Gasteiger partial charge is 0.383 e. The number of amides is 1. The number of aromatic nitrogens is 2. The van der Waals surface area contributed by atoms with Gasteiger partial charge in [0.1, 0.15) is 0 Å². The highest BCUT2D eigenvalue weighted by Gasteiger charge is 2.12. The first-order valence-electron chi connectivity index (χ1n) is 6.34. The summed E-state index contributed by atoms with van der Waals surface area (Å²) in [6, 6.07) is 3.86. The van der Waals surface area contributed by atoms with E-state index in [9.17, 15) is 4.79 Å². The number of ether oxygens (including phenoxy) is 1. The second kappa shape index (κ2) is 7.16. The smallest absolute Gasteiger partial charge is 0.227 e. The van der Waals surface area contributed by atoms with Crippen LogP contribution >= 0.6 is 11.3 Å². The molecule has 20 heavy (non-hydrogen) atoms. The Bertz CT molecular complexity index is 539. The van der Waals surface area contributed by atoms with E-state index in [2.05, 4.69) is 15.5 Å². The summed E-state index contributed by atoms with van der Waals surface area (Å²) < 4.78 is 10.1. The molecule has 0 aliphatic rings. The summed E-state index contributed by atoms with van der Waals surface area (Å²) in [5.74, 6) is 0.997. The number of aryl methyl sites for hydroxylation is 1. The molecule has 0 saturated carbocycles. The lowest BCUT2D eigenvalue weighted by Crippen LogP contribution is -2.35. The molecule has 6 nitrogen and oxygen atoms in total. The maximum absolute atomic E-state index is 11.7. The van der Waals surface area contributed by atoms with Gasteiger partial charge in [-0.05, 0) is 18.4 Å². The number of nitrogens with one attached hydrogen (secondary N) is 1. The van der Waals surface area contributed by atoms with Crippen molar-refractivity contribution >= 4 is 17.2 Å². The molecular weight excluding hydrogens is 278 g/mol. The summed E-state index contributed by atoms with van der Waals surface area (Å²) in [5.41, 5.74) is 0. The maximum Gasteiger partial charge on any atom is 0.227 e.